The molecule has 21 heavy (non-hydrogen) atoms. The average Bonchev–Trinajstić information content (AvgIpc) is 2.69. The highest BCUT2D eigenvalue weighted by Crippen LogP contribution is 2.23. The molecule has 0 fully saturated rings. The number of aromatic nitrogens is 1. The molecule has 0 radical (unpaired) electrons. The van der Waals surface area contributed by atoms with Crippen molar-refractivity contribution in [3.8, 4) is 5.75 Å². The van der Waals surface area contributed by atoms with Gasteiger partial charge in [0.1, 0.15) is 18.1 Å². The molecule has 1 aliphatic heterocycles. The topological polar surface area (TPSA) is 62.7 Å². The minimum absolute atomic E-state index is 0.0824. The Labute approximate surface area is 122 Å². The van der Waals surface area contributed by atoms with Crippen molar-refractivity contribution in [2.75, 3.05) is 13.2 Å². The summed E-state index contributed by atoms with van der Waals surface area (Å²) in [5, 5.41) is 8.99. The lowest BCUT2D eigenvalue weighted by Gasteiger charge is -2.19. The number of carboxylic acid groups (broad SMARTS) is 1. The molecule has 1 aromatic heterocycles. The monoisotopic (exact) mass is 284 g/mol. The van der Waals surface area contributed by atoms with E-state index in [4.69, 9.17) is 9.84 Å². The van der Waals surface area contributed by atoms with E-state index < -0.39 is 5.97 Å². The van der Waals surface area contributed by atoms with Gasteiger partial charge in [0.2, 0.25) is 0 Å². The number of nitrogens with zero attached hydrogens (tertiary/aromatic N) is 2. The molecule has 5 nitrogen and oxygen atoms in total. The maximum atomic E-state index is 11.0. The van der Waals surface area contributed by atoms with Gasteiger partial charge in [0.25, 0.3) is 0 Å². The van der Waals surface area contributed by atoms with Crippen LogP contribution in [-0.2, 0) is 13.1 Å². The molecule has 5 heteroatoms. The van der Waals surface area contributed by atoms with Gasteiger partial charge in [0.15, 0.2) is 0 Å². The molecule has 0 atom stereocenters. The molecule has 1 N–H and O–H groups in total. The van der Waals surface area contributed by atoms with Gasteiger partial charge < -0.3 is 9.84 Å². The number of hydrogen-bond acceptors (Lipinski definition) is 4. The van der Waals surface area contributed by atoms with Crippen LogP contribution in [0.15, 0.2) is 42.6 Å². The highest BCUT2D eigenvalue weighted by atomic mass is 16.5. The molecule has 0 bridgehead atoms. The zero-order valence-corrected chi connectivity index (χ0v) is 11.5. The minimum Gasteiger partial charge on any atom is -0.492 e. The van der Waals surface area contributed by atoms with Gasteiger partial charge in [-0.15, -0.1) is 0 Å². The van der Waals surface area contributed by atoms with Crippen LogP contribution in [0.4, 0.5) is 0 Å². The molecule has 2 aromatic rings. The van der Waals surface area contributed by atoms with Gasteiger partial charge >= 0.3 is 5.97 Å². The summed E-state index contributed by atoms with van der Waals surface area (Å²) in [5.41, 5.74) is 2.18. The number of pyridine rings is 1. The summed E-state index contributed by atoms with van der Waals surface area (Å²) < 4.78 is 5.73. The smallest absolute Gasteiger partial charge is 0.354 e. The number of ether oxygens (including phenoxy) is 1. The molecule has 2 heterocycles. The van der Waals surface area contributed by atoms with E-state index in [1.54, 1.807) is 12.3 Å². The number of para-hydroxylation sites is 1. The number of carboxylic acids is 1. The van der Waals surface area contributed by atoms with Crippen LogP contribution in [0.3, 0.4) is 0 Å². The van der Waals surface area contributed by atoms with E-state index in [9.17, 15) is 4.79 Å². The molecular formula is C16H16N2O3. The molecule has 108 valence electrons. The first-order valence-electron chi connectivity index (χ1n) is 6.83. The largest absolute Gasteiger partial charge is 0.492 e. The number of fused-ring (bicyclic) bond motifs is 1. The molecule has 0 spiro atoms. The molecular weight excluding hydrogens is 268 g/mol. The fourth-order valence-electron chi connectivity index (χ4n) is 2.46. The summed E-state index contributed by atoms with van der Waals surface area (Å²) in [6.45, 7) is 2.91. The van der Waals surface area contributed by atoms with Crippen LogP contribution >= 0.6 is 0 Å². The van der Waals surface area contributed by atoms with Gasteiger partial charge in [-0.1, -0.05) is 18.2 Å². The lowest BCUT2D eigenvalue weighted by molar-refractivity contribution is 0.0690. The third-order valence-corrected chi connectivity index (χ3v) is 3.48. The van der Waals surface area contributed by atoms with E-state index in [1.807, 2.05) is 24.3 Å². The Balaban J connectivity index is 1.76. The Morgan fingerprint density at radius 1 is 1.33 bits per heavy atom. The average molecular weight is 284 g/mol. The van der Waals surface area contributed by atoms with Crippen molar-refractivity contribution >= 4 is 5.97 Å². The van der Waals surface area contributed by atoms with Crippen LogP contribution in [0.25, 0.3) is 0 Å². The van der Waals surface area contributed by atoms with Gasteiger partial charge in [0.05, 0.1) is 0 Å². The first kappa shape index (κ1) is 13.6. The SMILES string of the molecule is O=C(O)c1cc(CN2CCOc3ccccc3C2)ccn1. The van der Waals surface area contributed by atoms with Crippen molar-refractivity contribution < 1.29 is 14.6 Å². The van der Waals surface area contributed by atoms with Gasteiger partial charge in [0, 0.05) is 31.4 Å². The minimum atomic E-state index is -0.999. The second kappa shape index (κ2) is 5.93. The Morgan fingerprint density at radius 3 is 3.05 bits per heavy atom. The van der Waals surface area contributed by atoms with Crippen LogP contribution in [0.5, 0.6) is 5.75 Å². The lowest BCUT2D eigenvalue weighted by Crippen LogP contribution is -2.25. The van der Waals surface area contributed by atoms with Crippen LogP contribution in [0.1, 0.15) is 21.6 Å². The fourth-order valence-corrected chi connectivity index (χ4v) is 2.46. The zero-order valence-electron chi connectivity index (χ0n) is 11.5. The summed E-state index contributed by atoms with van der Waals surface area (Å²) in [4.78, 5) is 17.1. The van der Waals surface area contributed by atoms with E-state index in [2.05, 4.69) is 16.0 Å². The van der Waals surface area contributed by atoms with E-state index in [0.29, 0.717) is 13.2 Å². The number of carbonyl (C=O) groups is 1. The number of hydrogen-bond donors (Lipinski definition) is 1. The molecule has 0 saturated carbocycles. The molecule has 1 aliphatic rings. The van der Waals surface area contributed by atoms with Crippen molar-refractivity contribution in [2.45, 2.75) is 13.1 Å². The number of rotatable bonds is 3. The van der Waals surface area contributed by atoms with Crippen LogP contribution in [0.2, 0.25) is 0 Å². The predicted octanol–water partition coefficient (Wildman–Crippen LogP) is 2.17. The number of benzene rings is 1. The highest BCUT2D eigenvalue weighted by Gasteiger charge is 2.15. The third-order valence-electron chi connectivity index (χ3n) is 3.48. The Morgan fingerprint density at radius 2 is 2.19 bits per heavy atom. The summed E-state index contributed by atoms with van der Waals surface area (Å²) in [6, 6.07) is 11.5. The first-order chi connectivity index (χ1) is 10.2. The summed E-state index contributed by atoms with van der Waals surface area (Å²) in [7, 11) is 0. The quantitative estimate of drug-likeness (QED) is 0.936. The van der Waals surface area contributed by atoms with E-state index >= 15 is 0 Å². The van der Waals surface area contributed by atoms with Gasteiger partial charge in [-0.05, 0) is 23.8 Å². The van der Waals surface area contributed by atoms with Crippen LogP contribution in [0, 0.1) is 0 Å². The van der Waals surface area contributed by atoms with Crippen molar-refractivity contribution in [2.24, 2.45) is 0 Å². The van der Waals surface area contributed by atoms with Gasteiger partial charge in [-0.3, -0.25) is 4.90 Å². The zero-order chi connectivity index (χ0) is 14.7. The molecule has 0 aliphatic carbocycles. The molecule has 3 rings (SSSR count). The Bertz CT molecular complexity index is 657. The lowest BCUT2D eigenvalue weighted by atomic mass is 10.1. The molecule has 0 unspecified atom stereocenters. The predicted molar refractivity (Wildman–Crippen MR) is 77.2 cm³/mol. The summed E-state index contributed by atoms with van der Waals surface area (Å²) >= 11 is 0. The van der Waals surface area contributed by atoms with E-state index in [1.165, 1.54) is 0 Å². The Hall–Kier alpha value is -2.40. The maximum Gasteiger partial charge on any atom is 0.354 e. The van der Waals surface area contributed by atoms with Gasteiger partial charge in [-0.25, -0.2) is 9.78 Å². The molecule has 0 saturated heterocycles. The Kier molecular flexibility index (Phi) is 3.83. The third kappa shape index (κ3) is 3.20. The maximum absolute atomic E-state index is 11.0. The second-order valence-corrected chi connectivity index (χ2v) is 5.02. The molecule has 0 amide bonds. The highest BCUT2D eigenvalue weighted by molar-refractivity contribution is 5.85. The van der Waals surface area contributed by atoms with Crippen LogP contribution in [-0.4, -0.2) is 34.1 Å². The van der Waals surface area contributed by atoms with Crippen molar-refractivity contribution in [3.05, 3.63) is 59.4 Å². The summed E-state index contributed by atoms with van der Waals surface area (Å²) in [6.07, 6.45) is 1.54. The number of aromatic carboxylic acids is 1. The van der Waals surface area contributed by atoms with Crippen molar-refractivity contribution in [1.82, 2.24) is 9.88 Å². The fraction of sp³-hybridized carbons (Fsp3) is 0.250. The van der Waals surface area contributed by atoms with Crippen LogP contribution < -0.4 is 4.74 Å². The summed E-state index contributed by atoms with van der Waals surface area (Å²) in [5.74, 6) is -0.0673. The van der Waals surface area contributed by atoms with Gasteiger partial charge in [-0.2, -0.15) is 0 Å². The van der Waals surface area contributed by atoms with Crippen molar-refractivity contribution in [3.63, 3.8) is 0 Å². The molecule has 1 aromatic carbocycles. The van der Waals surface area contributed by atoms with Crippen molar-refractivity contribution in [1.29, 1.82) is 0 Å². The van der Waals surface area contributed by atoms with E-state index in [-0.39, 0.29) is 5.69 Å². The standard InChI is InChI=1S/C16H16N2O3/c19-16(20)14-9-12(5-6-17-14)10-18-7-8-21-15-4-2-1-3-13(15)11-18/h1-6,9H,7-8,10-11H2,(H,19,20). The normalized spacial score (nSPS) is 14.9. The van der Waals surface area contributed by atoms with E-state index in [0.717, 1.165) is 30.0 Å². The first-order valence-corrected chi connectivity index (χ1v) is 6.83. The second-order valence-electron chi connectivity index (χ2n) is 5.02.